The molecule has 1 aromatic heterocycles. The molecule has 160 valence electrons. The van der Waals surface area contributed by atoms with Gasteiger partial charge in [-0.2, -0.15) is 13.2 Å². The molecular formula is C21H21ClF3N3O2. The summed E-state index contributed by atoms with van der Waals surface area (Å²) in [5.74, 6) is -0.243. The van der Waals surface area contributed by atoms with Crippen molar-refractivity contribution in [2.24, 2.45) is 0 Å². The van der Waals surface area contributed by atoms with Crippen molar-refractivity contribution < 1.29 is 17.9 Å². The third-order valence-electron chi connectivity index (χ3n) is 4.42. The third-order valence-corrected chi connectivity index (χ3v) is 4.71. The quantitative estimate of drug-likeness (QED) is 0.665. The van der Waals surface area contributed by atoms with Crippen LogP contribution in [-0.2, 0) is 19.7 Å². The summed E-state index contributed by atoms with van der Waals surface area (Å²) in [6.45, 7) is -0.979. The van der Waals surface area contributed by atoms with Gasteiger partial charge in [0.2, 0.25) is 5.75 Å². The molecule has 1 aromatic carbocycles. The zero-order valence-electron chi connectivity index (χ0n) is 16.1. The van der Waals surface area contributed by atoms with Crippen molar-refractivity contribution >= 4 is 11.6 Å². The Kier molecular flexibility index (Phi) is 7.33. The topological polar surface area (TPSA) is 56.1 Å². The fraction of sp³-hybridized carbons (Fsp3) is 0.333. The van der Waals surface area contributed by atoms with E-state index in [2.05, 4.69) is 10.3 Å². The summed E-state index contributed by atoms with van der Waals surface area (Å²) in [4.78, 5) is 16.7. The minimum absolute atomic E-state index is 0.00686. The molecule has 1 N–H and O–H groups in total. The van der Waals surface area contributed by atoms with Crippen LogP contribution in [0.1, 0.15) is 24.2 Å². The normalized spacial score (nSPS) is 14.3. The minimum atomic E-state index is -4.57. The first-order chi connectivity index (χ1) is 14.3. The van der Waals surface area contributed by atoms with Crippen LogP contribution in [0.2, 0.25) is 0 Å². The Hall–Kier alpha value is -2.58. The van der Waals surface area contributed by atoms with E-state index in [0.29, 0.717) is 11.1 Å². The van der Waals surface area contributed by atoms with Gasteiger partial charge >= 0.3 is 6.18 Å². The Balaban J connectivity index is 1.74. The van der Waals surface area contributed by atoms with Crippen LogP contribution in [-0.4, -0.2) is 22.3 Å². The number of benzene rings is 1. The van der Waals surface area contributed by atoms with E-state index >= 15 is 0 Å². The van der Waals surface area contributed by atoms with Gasteiger partial charge in [0.25, 0.3) is 5.56 Å². The SMILES string of the molecule is O=c1c(OCc2ccccc2)cnc(CNCC2=CCCC(Cl)=C2)n1CC(F)(F)F. The van der Waals surface area contributed by atoms with E-state index < -0.39 is 18.3 Å². The molecule has 1 heterocycles. The molecule has 0 amide bonds. The van der Waals surface area contributed by atoms with Gasteiger partial charge in [0.05, 0.1) is 12.7 Å². The van der Waals surface area contributed by atoms with Gasteiger partial charge < -0.3 is 10.1 Å². The lowest BCUT2D eigenvalue weighted by Gasteiger charge is -2.16. The standard InChI is InChI=1S/C21H21ClF3N3O2/c22-17-8-4-7-16(9-17)10-26-12-19-27-11-18(20(29)28(19)14-21(23,24)25)30-13-15-5-2-1-3-6-15/h1-3,5-7,9,11,26H,4,8,10,12-14H2. The fourth-order valence-corrected chi connectivity index (χ4v) is 3.24. The molecule has 0 saturated carbocycles. The highest BCUT2D eigenvalue weighted by Crippen LogP contribution is 2.20. The van der Waals surface area contributed by atoms with Gasteiger partial charge in [-0.15, -0.1) is 0 Å². The Labute approximate surface area is 176 Å². The molecule has 30 heavy (non-hydrogen) atoms. The number of rotatable bonds is 8. The number of nitrogens with zero attached hydrogens (tertiary/aromatic N) is 2. The molecule has 9 heteroatoms. The predicted molar refractivity (Wildman–Crippen MR) is 108 cm³/mol. The lowest BCUT2D eigenvalue weighted by molar-refractivity contribution is -0.141. The Morgan fingerprint density at radius 2 is 1.97 bits per heavy atom. The number of nitrogens with one attached hydrogen (secondary N) is 1. The average Bonchev–Trinajstić information content (AvgIpc) is 2.70. The highest BCUT2D eigenvalue weighted by atomic mass is 35.5. The van der Waals surface area contributed by atoms with Crippen LogP contribution in [0.25, 0.3) is 0 Å². The molecule has 3 rings (SSSR count). The number of ether oxygens (including phenoxy) is 1. The summed E-state index contributed by atoms with van der Waals surface area (Å²) in [6, 6.07) is 9.02. The van der Waals surface area contributed by atoms with E-state index in [9.17, 15) is 18.0 Å². The van der Waals surface area contributed by atoms with Crippen molar-refractivity contribution in [3.8, 4) is 5.75 Å². The zero-order valence-corrected chi connectivity index (χ0v) is 16.8. The molecule has 0 atom stereocenters. The van der Waals surface area contributed by atoms with Crippen LogP contribution >= 0.6 is 11.6 Å². The lowest BCUT2D eigenvalue weighted by atomic mass is 10.1. The molecule has 0 unspecified atom stereocenters. The van der Waals surface area contributed by atoms with E-state index in [1.54, 1.807) is 24.3 Å². The van der Waals surface area contributed by atoms with Crippen LogP contribution in [0.4, 0.5) is 13.2 Å². The maximum absolute atomic E-state index is 13.1. The molecule has 5 nitrogen and oxygen atoms in total. The fourth-order valence-electron chi connectivity index (χ4n) is 3.00. The van der Waals surface area contributed by atoms with Gasteiger partial charge in [0.1, 0.15) is 19.0 Å². The first-order valence-corrected chi connectivity index (χ1v) is 9.77. The molecule has 0 radical (unpaired) electrons. The smallest absolute Gasteiger partial charge is 0.406 e. The van der Waals surface area contributed by atoms with E-state index in [1.807, 2.05) is 18.2 Å². The van der Waals surface area contributed by atoms with Crippen LogP contribution in [0.5, 0.6) is 5.75 Å². The molecule has 0 bridgehead atoms. The molecule has 0 fully saturated rings. The monoisotopic (exact) mass is 439 g/mol. The van der Waals surface area contributed by atoms with Gasteiger partial charge in [-0.3, -0.25) is 9.36 Å². The molecule has 1 aliphatic carbocycles. The van der Waals surface area contributed by atoms with Crippen molar-refractivity contribution in [2.75, 3.05) is 6.54 Å². The maximum Gasteiger partial charge on any atom is 0.406 e. The molecular weight excluding hydrogens is 419 g/mol. The molecule has 2 aromatic rings. The van der Waals surface area contributed by atoms with Gasteiger partial charge in [0, 0.05) is 11.6 Å². The van der Waals surface area contributed by atoms with Gasteiger partial charge in [-0.25, -0.2) is 4.98 Å². The zero-order chi connectivity index (χ0) is 21.6. The Bertz CT molecular complexity index is 985. The predicted octanol–water partition coefficient (Wildman–Crippen LogP) is 4.32. The van der Waals surface area contributed by atoms with Crippen molar-refractivity contribution in [2.45, 2.75) is 38.7 Å². The maximum atomic E-state index is 13.1. The first-order valence-electron chi connectivity index (χ1n) is 9.40. The van der Waals surface area contributed by atoms with Crippen LogP contribution in [0.3, 0.4) is 0 Å². The molecule has 0 saturated heterocycles. The average molecular weight is 440 g/mol. The molecule has 1 aliphatic rings. The second-order valence-corrected chi connectivity index (χ2v) is 7.32. The van der Waals surface area contributed by atoms with Crippen LogP contribution in [0.15, 0.2) is 64.1 Å². The summed E-state index contributed by atoms with van der Waals surface area (Å²) >= 11 is 6.01. The second-order valence-electron chi connectivity index (χ2n) is 6.83. The number of allylic oxidation sites excluding steroid dienone is 2. The van der Waals surface area contributed by atoms with E-state index in [4.69, 9.17) is 16.3 Å². The minimum Gasteiger partial charge on any atom is -0.482 e. The van der Waals surface area contributed by atoms with Crippen molar-refractivity contribution in [1.82, 2.24) is 14.9 Å². The summed E-state index contributed by atoms with van der Waals surface area (Å²) in [6.07, 6.45) is 2.04. The van der Waals surface area contributed by atoms with Gasteiger partial charge in [-0.05, 0) is 30.1 Å². The number of alkyl halides is 3. The number of halogens is 4. The van der Waals surface area contributed by atoms with Crippen molar-refractivity contribution in [1.29, 1.82) is 0 Å². The second kappa shape index (κ2) is 9.95. The van der Waals surface area contributed by atoms with Gasteiger partial charge in [0.15, 0.2) is 0 Å². The summed E-state index contributed by atoms with van der Waals surface area (Å²) in [7, 11) is 0. The largest absolute Gasteiger partial charge is 0.482 e. The molecule has 0 aliphatic heterocycles. The highest BCUT2D eigenvalue weighted by molar-refractivity contribution is 6.29. The third kappa shape index (κ3) is 6.47. The Morgan fingerprint density at radius 1 is 1.20 bits per heavy atom. The van der Waals surface area contributed by atoms with Crippen molar-refractivity contribution in [3.63, 3.8) is 0 Å². The summed E-state index contributed by atoms with van der Waals surface area (Å²) < 4.78 is 45.2. The lowest BCUT2D eigenvalue weighted by Crippen LogP contribution is -2.34. The number of aromatic nitrogens is 2. The van der Waals surface area contributed by atoms with Gasteiger partial charge in [-0.1, -0.05) is 48.0 Å². The van der Waals surface area contributed by atoms with Crippen molar-refractivity contribution in [3.05, 3.63) is 81.0 Å². The number of hydrogen-bond donors (Lipinski definition) is 1. The van der Waals surface area contributed by atoms with E-state index in [-0.39, 0.29) is 24.7 Å². The van der Waals surface area contributed by atoms with E-state index in [0.717, 1.165) is 29.0 Å². The number of hydrogen-bond acceptors (Lipinski definition) is 4. The summed E-state index contributed by atoms with van der Waals surface area (Å²) in [5.41, 5.74) is 0.867. The first kappa shape index (κ1) is 22.1. The van der Waals surface area contributed by atoms with Crippen LogP contribution in [0, 0.1) is 0 Å². The van der Waals surface area contributed by atoms with Crippen LogP contribution < -0.4 is 15.6 Å². The molecule has 0 spiro atoms. The Morgan fingerprint density at radius 3 is 2.67 bits per heavy atom. The highest BCUT2D eigenvalue weighted by Gasteiger charge is 2.30. The summed E-state index contributed by atoms with van der Waals surface area (Å²) in [5, 5.41) is 3.76. The van der Waals surface area contributed by atoms with E-state index in [1.165, 1.54) is 6.20 Å².